The monoisotopic (exact) mass is 352 g/mol. The van der Waals surface area contributed by atoms with Gasteiger partial charge in [0.15, 0.2) is 0 Å². The van der Waals surface area contributed by atoms with Gasteiger partial charge in [-0.2, -0.15) is 5.10 Å². The maximum atomic E-state index is 12.1. The number of nitrogens with two attached hydrogens (primary N) is 1. The number of aromatic carboxylic acids is 1. The number of carboxylic acids is 1. The minimum absolute atomic E-state index is 0.0645. The van der Waals surface area contributed by atoms with Crippen molar-refractivity contribution in [1.82, 2.24) is 9.78 Å². The zero-order chi connectivity index (χ0) is 15.6. The number of aryl methyl sites for hydroxylation is 1. The lowest BCUT2D eigenvalue weighted by Crippen LogP contribution is -2.27. The number of benzene rings is 1. The number of halogens is 1. The number of aromatic nitrogens is 2. The Balaban J connectivity index is 2.17. The van der Waals surface area contributed by atoms with E-state index in [2.05, 4.69) is 26.3 Å². The van der Waals surface area contributed by atoms with Crippen LogP contribution < -0.4 is 11.1 Å². The molecule has 0 saturated heterocycles. The lowest BCUT2D eigenvalue weighted by Gasteiger charge is -2.11. The van der Waals surface area contributed by atoms with Gasteiger partial charge in [0.1, 0.15) is 6.04 Å². The van der Waals surface area contributed by atoms with Gasteiger partial charge in [-0.15, -0.1) is 0 Å². The molecule has 110 valence electrons. The van der Waals surface area contributed by atoms with E-state index < -0.39 is 17.9 Å². The molecule has 21 heavy (non-hydrogen) atoms. The van der Waals surface area contributed by atoms with Crippen molar-refractivity contribution < 1.29 is 14.7 Å². The lowest BCUT2D eigenvalue weighted by atomic mass is 10.1. The Labute approximate surface area is 128 Å². The van der Waals surface area contributed by atoms with Crippen LogP contribution >= 0.6 is 15.9 Å². The van der Waals surface area contributed by atoms with E-state index in [1.165, 1.54) is 18.3 Å². The summed E-state index contributed by atoms with van der Waals surface area (Å²) in [7, 11) is 1.72. The van der Waals surface area contributed by atoms with E-state index in [-0.39, 0.29) is 5.56 Å². The van der Waals surface area contributed by atoms with Gasteiger partial charge in [0, 0.05) is 29.0 Å². The average Bonchev–Trinajstić information content (AvgIpc) is 2.83. The van der Waals surface area contributed by atoms with Crippen LogP contribution in [-0.4, -0.2) is 26.8 Å². The number of hydrogen-bond donors (Lipinski definition) is 3. The van der Waals surface area contributed by atoms with Gasteiger partial charge in [-0.05, 0) is 18.2 Å². The number of carbonyl (C=O) groups excluding carboxylic acids is 1. The molecule has 2 rings (SSSR count). The lowest BCUT2D eigenvalue weighted by molar-refractivity contribution is -0.117. The SMILES string of the molecule is Cn1cc(C(N)C(=O)Nc2cc(Br)cc(C(=O)O)c2)cn1. The van der Waals surface area contributed by atoms with Gasteiger partial charge in [0.2, 0.25) is 5.91 Å². The largest absolute Gasteiger partial charge is 0.478 e. The molecule has 0 aliphatic rings. The maximum Gasteiger partial charge on any atom is 0.335 e. The minimum atomic E-state index is -1.08. The predicted octanol–water partition coefficient (Wildman–Crippen LogP) is 1.52. The first-order valence-corrected chi connectivity index (χ1v) is 6.75. The molecule has 2 aromatic rings. The molecule has 0 aliphatic heterocycles. The van der Waals surface area contributed by atoms with Crippen molar-refractivity contribution in [2.24, 2.45) is 12.8 Å². The molecule has 1 unspecified atom stereocenters. The number of nitrogens with one attached hydrogen (secondary N) is 1. The Morgan fingerprint density at radius 3 is 2.71 bits per heavy atom. The standard InChI is InChI=1S/C13H13BrN4O3/c1-18-6-8(5-16-18)11(15)12(19)17-10-3-7(13(20)21)2-9(14)4-10/h2-6,11H,15H2,1H3,(H,17,19)(H,20,21). The molecule has 0 fully saturated rings. The van der Waals surface area contributed by atoms with Crippen LogP contribution in [0.2, 0.25) is 0 Å². The number of nitrogens with zero attached hydrogens (tertiary/aromatic N) is 2. The second kappa shape index (κ2) is 6.06. The Morgan fingerprint density at radius 1 is 1.43 bits per heavy atom. The first-order chi connectivity index (χ1) is 9.86. The first-order valence-electron chi connectivity index (χ1n) is 5.95. The molecular weight excluding hydrogens is 340 g/mol. The van der Waals surface area contributed by atoms with Gasteiger partial charge < -0.3 is 16.2 Å². The number of rotatable bonds is 4. The third-order valence-corrected chi connectivity index (χ3v) is 3.24. The second-order valence-electron chi connectivity index (χ2n) is 4.45. The summed E-state index contributed by atoms with van der Waals surface area (Å²) in [5.74, 6) is -1.53. The molecule has 8 heteroatoms. The highest BCUT2D eigenvalue weighted by Crippen LogP contribution is 2.21. The fraction of sp³-hybridized carbons (Fsp3) is 0.154. The molecule has 1 heterocycles. The van der Waals surface area contributed by atoms with E-state index in [9.17, 15) is 9.59 Å². The number of carboxylic acid groups (broad SMARTS) is 1. The minimum Gasteiger partial charge on any atom is -0.478 e. The number of carbonyl (C=O) groups is 2. The van der Waals surface area contributed by atoms with Gasteiger partial charge in [-0.25, -0.2) is 4.79 Å². The Bertz CT molecular complexity index is 698. The smallest absolute Gasteiger partial charge is 0.335 e. The van der Waals surface area contributed by atoms with Crippen molar-refractivity contribution in [3.63, 3.8) is 0 Å². The maximum absolute atomic E-state index is 12.1. The quantitative estimate of drug-likeness (QED) is 0.772. The number of anilines is 1. The highest BCUT2D eigenvalue weighted by Gasteiger charge is 2.18. The first kappa shape index (κ1) is 15.2. The Hall–Kier alpha value is -2.19. The molecule has 0 bridgehead atoms. The summed E-state index contributed by atoms with van der Waals surface area (Å²) in [6.07, 6.45) is 3.15. The zero-order valence-corrected chi connectivity index (χ0v) is 12.7. The topological polar surface area (TPSA) is 110 Å². The molecule has 1 aromatic carbocycles. The second-order valence-corrected chi connectivity index (χ2v) is 5.36. The number of hydrogen-bond acceptors (Lipinski definition) is 4. The van der Waals surface area contributed by atoms with E-state index in [1.54, 1.807) is 24.0 Å². The van der Waals surface area contributed by atoms with Crippen LogP contribution in [0.4, 0.5) is 5.69 Å². The third kappa shape index (κ3) is 3.67. The summed E-state index contributed by atoms with van der Waals surface area (Å²) < 4.78 is 2.09. The van der Waals surface area contributed by atoms with E-state index in [1.807, 2.05) is 0 Å². The van der Waals surface area contributed by atoms with E-state index in [0.717, 1.165) is 0 Å². The third-order valence-electron chi connectivity index (χ3n) is 2.78. The van der Waals surface area contributed by atoms with Gasteiger partial charge in [-0.1, -0.05) is 15.9 Å². The average molecular weight is 353 g/mol. The van der Waals surface area contributed by atoms with Crippen molar-refractivity contribution in [3.8, 4) is 0 Å². The number of amides is 1. The molecule has 0 radical (unpaired) electrons. The van der Waals surface area contributed by atoms with Crippen LogP contribution in [0.15, 0.2) is 35.1 Å². The zero-order valence-electron chi connectivity index (χ0n) is 11.1. The van der Waals surface area contributed by atoms with Gasteiger partial charge in [0.25, 0.3) is 0 Å². The van der Waals surface area contributed by atoms with Crippen LogP contribution in [0.1, 0.15) is 22.0 Å². The molecule has 0 aliphatic carbocycles. The van der Waals surface area contributed by atoms with Crippen LogP contribution in [-0.2, 0) is 11.8 Å². The Morgan fingerprint density at radius 2 is 2.14 bits per heavy atom. The van der Waals surface area contributed by atoms with Crippen LogP contribution in [0, 0.1) is 0 Å². The van der Waals surface area contributed by atoms with Crippen LogP contribution in [0.5, 0.6) is 0 Å². The van der Waals surface area contributed by atoms with Crippen molar-refractivity contribution in [2.75, 3.05) is 5.32 Å². The van der Waals surface area contributed by atoms with Crippen molar-refractivity contribution in [2.45, 2.75) is 6.04 Å². The van der Waals surface area contributed by atoms with E-state index in [4.69, 9.17) is 10.8 Å². The van der Waals surface area contributed by atoms with Crippen LogP contribution in [0.25, 0.3) is 0 Å². The normalized spacial score (nSPS) is 12.0. The molecular formula is C13H13BrN4O3. The molecule has 0 saturated carbocycles. The predicted molar refractivity (Wildman–Crippen MR) is 79.9 cm³/mol. The molecule has 4 N–H and O–H groups in total. The fourth-order valence-electron chi connectivity index (χ4n) is 1.76. The highest BCUT2D eigenvalue weighted by molar-refractivity contribution is 9.10. The molecule has 1 atom stereocenters. The summed E-state index contributed by atoms with van der Waals surface area (Å²) in [6, 6.07) is 3.52. The van der Waals surface area contributed by atoms with Crippen molar-refractivity contribution in [1.29, 1.82) is 0 Å². The highest BCUT2D eigenvalue weighted by atomic mass is 79.9. The summed E-state index contributed by atoms with van der Waals surface area (Å²) >= 11 is 3.20. The molecule has 1 amide bonds. The summed E-state index contributed by atoms with van der Waals surface area (Å²) in [6.45, 7) is 0. The molecule has 7 nitrogen and oxygen atoms in total. The van der Waals surface area contributed by atoms with Gasteiger partial charge >= 0.3 is 5.97 Å². The fourth-order valence-corrected chi connectivity index (χ4v) is 2.25. The molecule has 0 spiro atoms. The summed E-state index contributed by atoms with van der Waals surface area (Å²) in [4.78, 5) is 23.1. The summed E-state index contributed by atoms with van der Waals surface area (Å²) in [5.41, 5.74) is 6.83. The van der Waals surface area contributed by atoms with E-state index in [0.29, 0.717) is 15.7 Å². The van der Waals surface area contributed by atoms with Crippen molar-refractivity contribution >= 4 is 33.5 Å². The van der Waals surface area contributed by atoms with Gasteiger partial charge in [-0.3, -0.25) is 9.48 Å². The summed E-state index contributed by atoms with van der Waals surface area (Å²) in [5, 5.41) is 15.5. The van der Waals surface area contributed by atoms with Crippen molar-refractivity contribution in [3.05, 3.63) is 46.2 Å². The Kier molecular flexibility index (Phi) is 4.39. The van der Waals surface area contributed by atoms with Gasteiger partial charge in [0.05, 0.1) is 11.8 Å². The molecule has 1 aromatic heterocycles. The van der Waals surface area contributed by atoms with E-state index >= 15 is 0 Å². The van der Waals surface area contributed by atoms with Crippen LogP contribution in [0.3, 0.4) is 0 Å².